The number of aromatic nitrogens is 1. The molecule has 0 radical (unpaired) electrons. The number of halogens is 2. The van der Waals surface area contributed by atoms with E-state index in [0.717, 1.165) is 5.69 Å². The fraction of sp³-hybridized carbons (Fsp3) is 0.545. The number of ether oxygens (including phenoxy) is 1. The zero-order valence-corrected chi connectivity index (χ0v) is 8.83. The maximum Gasteiger partial charge on any atom is 0.272 e. The smallest absolute Gasteiger partial charge is 0.272 e. The molecule has 1 aromatic heterocycles. The van der Waals surface area contributed by atoms with Crippen molar-refractivity contribution in [2.24, 2.45) is 0 Å². The van der Waals surface area contributed by atoms with Gasteiger partial charge in [0.1, 0.15) is 12.4 Å². The summed E-state index contributed by atoms with van der Waals surface area (Å²) in [7, 11) is 0. The average molecular weight is 228 g/mol. The molecule has 2 rings (SSSR count). The van der Waals surface area contributed by atoms with E-state index in [2.05, 4.69) is 10.3 Å². The third-order valence-electron chi connectivity index (χ3n) is 2.31. The van der Waals surface area contributed by atoms with Crippen LogP contribution in [0, 0.1) is 0 Å². The SMILES string of the molecule is FC(F)COc1ccnc(CNC2CC2)c1. The van der Waals surface area contributed by atoms with Crippen molar-refractivity contribution >= 4 is 0 Å². The molecule has 1 aliphatic rings. The topological polar surface area (TPSA) is 34.1 Å². The molecular formula is C11H14F2N2O. The fourth-order valence-electron chi connectivity index (χ4n) is 1.34. The van der Waals surface area contributed by atoms with Gasteiger partial charge in [0.15, 0.2) is 0 Å². The number of nitrogens with one attached hydrogen (secondary N) is 1. The van der Waals surface area contributed by atoms with Gasteiger partial charge >= 0.3 is 0 Å². The van der Waals surface area contributed by atoms with Crippen molar-refractivity contribution in [2.75, 3.05) is 6.61 Å². The first-order valence-electron chi connectivity index (χ1n) is 5.33. The Morgan fingerprint density at radius 1 is 1.50 bits per heavy atom. The number of alkyl halides is 2. The second-order valence-corrected chi connectivity index (χ2v) is 3.84. The molecule has 16 heavy (non-hydrogen) atoms. The molecule has 0 amide bonds. The van der Waals surface area contributed by atoms with Crippen LogP contribution >= 0.6 is 0 Å². The molecule has 88 valence electrons. The Labute approximate surface area is 92.8 Å². The second-order valence-electron chi connectivity index (χ2n) is 3.84. The Balaban J connectivity index is 1.84. The van der Waals surface area contributed by atoms with E-state index < -0.39 is 13.0 Å². The minimum absolute atomic E-state index is 0.447. The summed E-state index contributed by atoms with van der Waals surface area (Å²) in [6.45, 7) is 0.0933. The van der Waals surface area contributed by atoms with Crippen LogP contribution in [0.1, 0.15) is 18.5 Å². The van der Waals surface area contributed by atoms with Gasteiger partial charge in [-0.1, -0.05) is 0 Å². The first-order chi connectivity index (χ1) is 7.74. The van der Waals surface area contributed by atoms with Crippen LogP contribution in [0.15, 0.2) is 18.3 Å². The first-order valence-corrected chi connectivity index (χ1v) is 5.33. The van der Waals surface area contributed by atoms with Gasteiger partial charge in [-0.05, 0) is 18.9 Å². The number of hydrogen-bond donors (Lipinski definition) is 1. The van der Waals surface area contributed by atoms with Crippen molar-refractivity contribution in [3.05, 3.63) is 24.0 Å². The Hall–Kier alpha value is -1.23. The molecule has 0 aliphatic heterocycles. The molecule has 1 aliphatic carbocycles. The molecule has 5 heteroatoms. The van der Waals surface area contributed by atoms with Crippen LogP contribution in [-0.2, 0) is 6.54 Å². The molecule has 0 bridgehead atoms. The Morgan fingerprint density at radius 3 is 3.00 bits per heavy atom. The molecule has 0 saturated heterocycles. The predicted molar refractivity (Wildman–Crippen MR) is 55.6 cm³/mol. The van der Waals surface area contributed by atoms with Gasteiger partial charge in [0.2, 0.25) is 0 Å². The average Bonchev–Trinajstić information content (AvgIpc) is 3.08. The van der Waals surface area contributed by atoms with Crippen molar-refractivity contribution in [2.45, 2.75) is 31.9 Å². The Bertz CT molecular complexity index is 321. The van der Waals surface area contributed by atoms with Gasteiger partial charge in [-0.2, -0.15) is 0 Å². The van der Waals surface area contributed by atoms with Crippen LogP contribution < -0.4 is 10.1 Å². The number of nitrogens with zero attached hydrogens (tertiary/aromatic N) is 1. The highest BCUT2D eigenvalue weighted by atomic mass is 19.3. The van der Waals surface area contributed by atoms with Crippen molar-refractivity contribution in [1.29, 1.82) is 0 Å². The molecule has 1 fully saturated rings. The van der Waals surface area contributed by atoms with E-state index in [-0.39, 0.29) is 0 Å². The van der Waals surface area contributed by atoms with Gasteiger partial charge in [0, 0.05) is 24.8 Å². The van der Waals surface area contributed by atoms with Crippen LogP contribution in [0.3, 0.4) is 0 Å². The minimum Gasteiger partial charge on any atom is -0.488 e. The standard InChI is InChI=1S/C11H14F2N2O/c12-11(13)7-16-10-3-4-14-9(5-10)6-15-8-1-2-8/h3-5,8,11,15H,1-2,6-7H2. The maximum atomic E-state index is 11.9. The molecule has 1 heterocycles. The zero-order valence-electron chi connectivity index (χ0n) is 8.83. The molecule has 1 saturated carbocycles. The lowest BCUT2D eigenvalue weighted by molar-refractivity contribution is 0.0818. The Kier molecular flexibility index (Phi) is 3.66. The summed E-state index contributed by atoms with van der Waals surface area (Å²) >= 11 is 0. The van der Waals surface area contributed by atoms with E-state index in [1.165, 1.54) is 12.8 Å². The molecule has 3 nitrogen and oxygen atoms in total. The molecule has 1 N–H and O–H groups in total. The third-order valence-corrected chi connectivity index (χ3v) is 2.31. The number of rotatable bonds is 6. The minimum atomic E-state index is -2.44. The summed E-state index contributed by atoms with van der Waals surface area (Å²) in [4.78, 5) is 4.14. The van der Waals surface area contributed by atoms with Crippen LogP contribution in [0.4, 0.5) is 8.78 Å². The van der Waals surface area contributed by atoms with Gasteiger partial charge in [-0.15, -0.1) is 0 Å². The summed E-state index contributed by atoms with van der Waals surface area (Å²) in [5.74, 6) is 0.447. The van der Waals surface area contributed by atoms with Gasteiger partial charge in [0.25, 0.3) is 6.43 Å². The Morgan fingerprint density at radius 2 is 2.31 bits per heavy atom. The monoisotopic (exact) mass is 228 g/mol. The molecule has 0 spiro atoms. The maximum absolute atomic E-state index is 11.9. The second kappa shape index (κ2) is 5.21. The molecular weight excluding hydrogens is 214 g/mol. The third kappa shape index (κ3) is 3.73. The van der Waals surface area contributed by atoms with E-state index in [1.54, 1.807) is 18.3 Å². The van der Waals surface area contributed by atoms with Crippen LogP contribution in [0.25, 0.3) is 0 Å². The van der Waals surface area contributed by atoms with Gasteiger partial charge in [0.05, 0.1) is 5.69 Å². The quantitative estimate of drug-likeness (QED) is 0.808. The van der Waals surface area contributed by atoms with Gasteiger partial charge in [-0.25, -0.2) is 8.78 Å². The largest absolute Gasteiger partial charge is 0.488 e. The highest BCUT2D eigenvalue weighted by Gasteiger charge is 2.20. The van der Waals surface area contributed by atoms with E-state index >= 15 is 0 Å². The lowest BCUT2D eigenvalue weighted by atomic mass is 10.3. The summed E-state index contributed by atoms with van der Waals surface area (Å²) < 4.78 is 28.8. The summed E-state index contributed by atoms with van der Waals surface area (Å²) in [6.07, 6.45) is 1.55. The fourth-order valence-corrected chi connectivity index (χ4v) is 1.34. The van der Waals surface area contributed by atoms with E-state index in [1.807, 2.05) is 0 Å². The van der Waals surface area contributed by atoms with Crippen molar-refractivity contribution in [3.8, 4) is 5.75 Å². The van der Waals surface area contributed by atoms with Crippen molar-refractivity contribution < 1.29 is 13.5 Å². The van der Waals surface area contributed by atoms with Crippen molar-refractivity contribution in [1.82, 2.24) is 10.3 Å². The lowest BCUT2D eigenvalue weighted by Gasteiger charge is -2.07. The molecule has 0 unspecified atom stereocenters. The predicted octanol–water partition coefficient (Wildman–Crippen LogP) is 1.98. The number of hydrogen-bond acceptors (Lipinski definition) is 3. The number of pyridine rings is 1. The van der Waals surface area contributed by atoms with Crippen LogP contribution in [0.5, 0.6) is 5.75 Å². The normalized spacial score (nSPS) is 15.4. The van der Waals surface area contributed by atoms with Crippen LogP contribution in [0.2, 0.25) is 0 Å². The molecule has 1 aromatic rings. The highest BCUT2D eigenvalue weighted by Crippen LogP contribution is 2.19. The molecule has 0 aromatic carbocycles. The first kappa shape index (κ1) is 11.3. The lowest BCUT2D eigenvalue weighted by Crippen LogP contribution is -2.16. The highest BCUT2D eigenvalue weighted by molar-refractivity contribution is 5.22. The van der Waals surface area contributed by atoms with Gasteiger partial charge < -0.3 is 10.1 Å². The summed E-state index contributed by atoms with van der Waals surface area (Å²) in [5.41, 5.74) is 0.818. The van der Waals surface area contributed by atoms with Gasteiger partial charge in [-0.3, -0.25) is 4.98 Å². The van der Waals surface area contributed by atoms with Crippen LogP contribution in [-0.4, -0.2) is 24.1 Å². The summed E-state index contributed by atoms with van der Waals surface area (Å²) in [6, 6.07) is 3.88. The van der Waals surface area contributed by atoms with E-state index in [9.17, 15) is 8.78 Å². The molecule has 0 atom stereocenters. The van der Waals surface area contributed by atoms with E-state index in [0.29, 0.717) is 18.3 Å². The van der Waals surface area contributed by atoms with Crippen molar-refractivity contribution in [3.63, 3.8) is 0 Å². The zero-order chi connectivity index (χ0) is 11.4. The van der Waals surface area contributed by atoms with E-state index in [4.69, 9.17) is 4.74 Å². The summed E-state index contributed by atoms with van der Waals surface area (Å²) in [5, 5.41) is 3.30.